The molecule has 0 spiro atoms. The van der Waals surface area contributed by atoms with Gasteiger partial charge in [-0.3, -0.25) is 4.21 Å². The summed E-state index contributed by atoms with van der Waals surface area (Å²) in [6.45, 7) is 0.879. The molecule has 1 aliphatic rings. The molecule has 2 unspecified atom stereocenters. The number of nitrogen functional groups attached to an aromatic ring is 1. The van der Waals surface area contributed by atoms with E-state index in [9.17, 15) is 17.0 Å². The summed E-state index contributed by atoms with van der Waals surface area (Å²) in [5, 5.41) is 0. The molecule has 0 amide bonds. The van der Waals surface area contributed by atoms with E-state index in [4.69, 9.17) is 5.73 Å². The molecule has 0 bridgehead atoms. The van der Waals surface area contributed by atoms with Crippen LogP contribution in [0.25, 0.3) is 0 Å². The van der Waals surface area contributed by atoms with Crippen LogP contribution in [-0.4, -0.2) is 42.0 Å². The predicted octanol–water partition coefficient (Wildman–Crippen LogP) is 1.19. The lowest BCUT2D eigenvalue weighted by atomic mass is 10.0. The van der Waals surface area contributed by atoms with Crippen molar-refractivity contribution in [3.05, 3.63) is 24.0 Å². The molecule has 1 aromatic rings. The minimum Gasteiger partial charge on any atom is -0.399 e. The number of hydrogen-bond donors (Lipinski definition) is 1. The van der Waals surface area contributed by atoms with Crippen molar-refractivity contribution in [2.24, 2.45) is 5.92 Å². The average molecular weight is 334 g/mol. The zero-order chi connectivity index (χ0) is 15.6. The van der Waals surface area contributed by atoms with Crippen LogP contribution in [0.1, 0.15) is 12.8 Å². The van der Waals surface area contributed by atoms with E-state index in [1.54, 1.807) is 0 Å². The summed E-state index contributed by atoms with van der Waals surface area (Å²) in [7, 11) is -4.60. The topological polar surface area (TPSA) is 80.5 Å². The fourth-order valence-electron chi connectivity index (χ4n) is 2.49. The van der Waals surface area contributed by atoms with Gasteiger partial charge in [0.15, 0.2) is 0 Å². The Morgan fingerprint density at radius 2 is 2.14 bits per heavy atom. The molecule has 2 N–H and O–H groups in total. The van der Waals surface area contributed by atoms with Gasteiger partial charge in [-0.25, -0.2) is 17.1 Å². The van der Waals surface area contributed by atoms with Crippen molar-refractivity contribution >= 4 is 26.5 Å². The Kier molecular flexibility index (Phi) is 5.00. The maximum atomic E-state index is 13.3. The third-order valence-corrected chi connectivity index (χ3v) is 6.30. The van der Waals surface area contributed by atoms with E-state index in [-0.39, 0.29) is 11.6 Å². The summed E-state index contributed by atoms with van der Waals surface area (Å²) in [6.07, 6.45) is 2.75. The molecule has 1 fully saturated rings. The summed E-state index contributed by atoms with van der Waals surface area (Å²) in [5.74, 6) is -0.187. The Bertz CT molecular complexity index is 629. The highest BCUT2D eigenvalue weighted by Gasteiger charge is 2.27. The van der Waals surface area contributed by atoms with Crippen molar-refractivity contribution in [2.75, 3.05) is 30.8 Å². The lowest BCUT2D eigenvalue weighted by Crippen LogP contribution is -2.40. The summed E-state index contributed by atoms with van der Waals surface area (Å²) in [5.41, 5.74) is 5.78. The van der Waals surface area contributed by atoms with Gasteiger partial charge >= 0.3 is 0 Å². The van der Waals surface area contributed by atoms with Crippen molar-refractivity contribution in [1.29, 1.82) is 0 Å². The molecule has 1 saturated heterocycles. The fraction of sp³-hybridized carbons (Fsp3) is 0.538. The van der Waals surface area contributed by atoms with E-state index >= 15 is 0 Å². The number of nitrogens with two attached hydrogens (primary N) is 1. The van der Waals surface area contributed by atoms with Crippen molar-refractivity contribution in [1.82, 2.24) is 4.31 Å². The third kappa shape index (κ3) is 4.49. The number of nitrogens with zero attached hydrogens (tertiary/aromatic N) is 1. The minimum atomic E-state index is -3.22. The van der Waals surface area contributed by atoms with Crippen LogP contribution < -0.4 is 5.73 Å². The number of halogens is 1. The van der Waals surface area contributed by atoms with Gasteiger partial charge in [-0.05, 0) is 37.0 Å². The second-order valence-electron chi connectivity index (χ2n) is 5.36. The van der Waals surface area contributed by atoms with Gasteiger partial charge in [0.05, 0.1) is 17.1 Å². The zero-order valence-corrected chi connectivity index (χ0v) is 13.4. The van der Waals surface area contributed by atoms with Gasteiger partial charge in [0.2, 0.25) is 10.0 Å². The first-order valence-corrected chi connectivity index (χ1v) is 9.82. The van der Waals surface area contributed by atoms with Crippen molar-refractivity contribution in [3.63, 3.8) is 0 Å². The van der Waals surface area contributed by atoms with Crippen molar-refractivity contribution in [3.8, 4) is 0 Å². The van der Waals surface area contributed by atoms with Crippen LogP contribution in [0.5, 0.6) is 0 Å². The van der Waals surface area contributed by atoms with Crippen LogP contribution >= 0.6 is 0 Å². The molecule has 1 aromatic carbocycles. The fourth-order valence-corrected chi connectivity index (χ4v) is 4.84. The Labute approximate surface area is 126 Å². The predicted molar refractivity (Wildman–Crippen MR) is 81.2 cm³/mol. The standard InChI is InChI=1S/C13H19FN2O3S2/c1-21(18,19)16-4-2-3-10(8-16)9-20(17)13-6-11(14)5-12(15)7-13/h5-7,10H,2-4,8-9,15H2,1H3. The highest BCUT2D eigenvalue weighted by Crippen LogP contribution is 2.22. The molecule has 0 saturated carbocycles. The zero-order valence-electron chi connectivity index (χ0n) is 11.8. The number of benzene rings is 1. The van der Waals surface area contributed by atoms with E-state index in [0.717, 1.165) is 12.8 Å². The Morgan fingerprint density at radius 1 is 1.43 bits per heavy atom. The van der Waals surface area contributed by atoms with E-state index in [0.29, 0.717) is 23.7 Å². The minimum absolute atomic E-state index is 0.0128. The summed E-state index contributed by atoms with van der Waals surface area (Å²) < 4.78 is 50.1. The molecule has 1 heterocycles. The molecular formula is C13H19FN2O3S2. The molecule has 8 heteroatoms. The Hall–Kier alpha value is -0.990. The molecule has 2 rings (SSSR count). The molecule has 1 aliphatic heterocycles. The molecule has 0 aromatic heterocycles. The van der Waals surface area contributed by atoms with Crippen LogP contribution in [0.3, 0.4) is 0 Å². The Balaban J connectivity index is 2.05. The monoisotopic (exact) mass is 334 g/mol. The molecule has 2 atom stereocenters. The van der Waals surface area contributed by atoms with E-state index in [1.165, 1.54) is 28.8 Å². The third-order valence-electron chi connectivity index (χ3n) is 3.49. The highest BCUT2D eigenvalue weighted by atomic mass is 32.2. The van der Waals surface area contributed by atoms with Gasteiger partial charge in [0.25, 0.3) is 0 Å². The first-order valence-electron chi connectivity index (χ1n) is 6.65. The summed E-state index contributed by atoms with van der Waals surface area (Å²) in [4.78, 5) is 0.351. The largest absolute Gasteiger partial charge is 0.399 e. The summed E-state index contributed by atoms with van der Waals surface area (Å²) in [6, 6.07) is 3.88. The molecular weight excluding hydrogens is 315 g/mol. The first-order chi connectivity index (χ1) is 9.75. The number of rotatable bonds is 4. The lowest BCUT2D eigenvalue weighted by molar-refractivity contribution is 0.285. The Morgan fingerprint density at radius 3 is 2.76 bits per heavy atom. The number of sulfonamides is 1. The van der Waals surface area contributed by atoms with E-state index in [1.807, 2.05) is 0 Å². The molecule has 0 radical (unpaired) electrons. The van der Waals surface area contributed by atoms with Crippen molar-refractivity contribution < 1.29 is 17.0 Å². The molecule has 21 heavy (non-hydrogen) atoms. The van der Waals surface area contributed by atoms with Gasteiger partial charge in [0, 0.05) is 29.4 Å². The number of piperidine rings is 1. The quantitative estimate of drug-likeness (QED) is 0.839. The molecule has 0 aliphatic carbocycles. The molecule has 118 valence electrons. The van der Waals surface area contributed by atoms with Crippen LogP contribution in [0.4, 0.5) is 10.1 Å². The average Bonchev–Trinajstić information content (AvgIpc) is 2.37. The van der Waals surface area contributed by atoms with E-state index in [2.05, 4.69) is 0 Å². The molecule has 5 nitrogen and oxygen atoms in total. The van der Waals surface area contributed by atoms with Crippen molar-refractivity contribution in [2.45, 2.75) is 17.7 Å². The van der Waals surface area contributed by atoms with Gasteiger partial charge in [-0.2, -0.15) is 0 Å². The lowest BCUT2D eigenvalue weighted by Gasteiger charge is -2.30. The second-order valence-corrected chi connectivity index (χ2v) is 8.84. The number of hydrogen-bond acceptors (Lipinski definition) is 4. The maximum Gasteiger partial charge on any atom is 0.211 e. The van der Waals surface area contributed by atoms with Crippen LogP contribution in [0.2, 0.25) is 0 Å². The van der Waals surface area contributed by atoms with Crippen LogP contribution in [0, 0.1) is 11.7 Å². The van der Waals surface area contributed by atoms with E-state index < -0.39 is 26.6 Å². The SMILES string of the molecule is CS(=O)(=O)N1CCCC(CS(=O)c2cc(N)cc(F)c2)C1. The maximum absolute atomic E-state index is 13.3. The highest BCUT2D eigenvalue weighted by molar-refractivity contribution is 7.88. The van der Waals surface area contributed by atoms with Gasteiger partial charge in [-0.15, -0.1) is 0 Å². The van der Waals surface area contributed by atoms with Gasteiger partial charge in [0.1, 0.15) is 5.82 Å². The number of anilines is 1. The normalized spacial score (nSPS) is 22.1. The van der Waals surface area contributed by atoms with Gasteiger partial charge < -0.3 is 5.73 Å². The smallest absolute Gasteiger partial charge is 0.211 e. The first kappa shape index (κ1) is 16.4. The van der Waals surface area contributed by atoms with Crippen LogP contribution in [0.15, 0.2) is 23.1 Å². The summed E-state index contributed by atoms with van der Waals surface area (Å²) >= 11 is 0. The van der Waals surface area contributed by atoms with Gasteiger partial charge in [-0.1, -0.05) is 0 Å². The second kappa shape index (κ2) is 6.41. The van der Waals surface area contributed by atoms with Crippen LogP contribution in [-0.2, 0) is 20.8 Å².